The van der Waals surface area contributed by atoms with E-state index in [1.165, 1.54) is 0 Å². The molecular weight excluding hydrogens is 284 g/mol. The summed E-state index contributed by atoms with van der Waals surface area (Å²) in [6.07, 6.45) is 1.05. The molecule has 0 aliphatic heterocycles. The molecule has 0 spiro atoms. The normalized spacial score (nSPS) is 13.3. The fourth-order valence-electron chi connectivity index (χ4n) is 2.52. The molecule has 0 saturated carbocycles. The van der Waals surface area contributed by atoms with Crippen molar-refractivity contribution in [3.63, 3.8) is 0 Å². The average molecular weight is 308 g/mol. The van der Waals surface area contributed by atoms with Crippen molar-refractivity contribution >= 4 is 12.2 Å². The third kappa shape index (κ3) is 4.29. The lowest BCUT2D eigenvalue weighted by Crippen LogP contribution is -2.33. The maximum absolute atomic E-state index is 12.2. The van der Waals surface area contributed by atoms with Crippen LogP contribution in [0.3, 0.4) is 0 Å². The van der Waals surface area contributed by atoms with E-state index in [1.54, 1.807) is 27.3 Å². The molecule has 1 aromatic rings. The first-order valence-corrected chi connectivity index (χ1v) is 7.17. The largest absolute Gasteiger partial charge is 0.497 e. The summed E-state index contributed by atoms with van der Waals surface area (Å²) < 4.78 is 10.8. The first kappa shape index (κ1) is 18.1. The summed E-state index contributed by atoms with van der Waals surface area (Å²) in [5.74, 6) is 0.0785. The third-order valence-corrected chi connectivity index (χ3v) is 3.67. The summed E-state index contributed by atoms with van der Waals surface area (Å²) in [5.41, 5.74) is 7.50. The van der Waals surface area contributed by atoms with Gasteiger partial charge in [0.2, 0.25) is 5.91 Å². The molecule has 22 heavy (non-hydrogen) atoms. The number of nitrogens with one attached hydrogen (secondary N) is 1. The van der Waals surface area contributed by atoms with Gasteiger partial charge in [0.1, 0.15) is 12.0 Å². The molecule has 3 N–H and O–H groups in total. The van der Waals surface area contributed by atoms with E-state index in [0.717, 1.165) is 17.4 Å². The highest BCUT2D eigenvalue weighted by Crippen LogP contribution is 2.33. The Hall–Kier alpha value is -1.92. The highest BCUT2D eigenvalue weighted by Gasteiger charge is 2.30. The summed E-state index contributed by atoms with van der Waals surface area (Å²) in [4.78, 5) is 22.8. The van der Waals surface area contributed by atoms with Crippen LogP contribution < -0.4 is 15.8 Å². The Balaban J connectivity index is 3.20. The zero-order valence-corrected chi connectivity index (χ0v) is 13.3. The highest BCUT2D eigenvalue weighted by molar-refractivity contribution is 5.79. The summed E-state index contributed by atoms with van der Waals surface area (Å²) in [6.45, 7) is 0.306. The number of carbonyl (C=O) groups is 2. The van der Waals surface area contributed by atoms with Gasteiger partial charge in [0.05, 0.1) is 19.1 Å². The van der Waals surface area contributed by atoms with Gasteiger partial charge in [-0.05, 0) is 29.7 Å². The molecule has 0 radical (unpaired) electrons. The van der Waals surface area contributed by atoms with Crippen LogP contribution in [-0.4, -0.2) is 33.5 Å². The van der Waals surface area contributed by atoms with Gasteiger partial charge in [0, 0.05) is 27.1 Å². The maximum Gasteiger partial charge on any atom is 0.225 e. The van der Waals surface area contributed by atoms with E-state index in [4.69, 9.17) is 15.2 Å². The Labute approximate surface area is 131 Å². The second-order valence-electron chi connectivity index (χ2n) is 4.89. The van der Waals surface area contributed by atoms with E-state index in [1.807, 2.05) is 12.1 Å². The Morgan fingerprint density at radius 1 is 1.41 bits per heavy atom. The molecule has 0 saturated heterocycles. The number of nitrogens with two attached hydrogens (primary N) is 1. The van der Waals surface area contributed by atoms with Gasteiger partial charge in [-0.15, -0.1) is 0 Å². The monoisotopic (exact) mass is 308 g/mol. The van der Waals surface area contributed by atoms with Crippen molar-refractivity contribution < 1.29 is 19.1 Å². The number of ether oxygens (including phenoxy) is 2. The molecule has 6 heteroatoms. The Kier molecular flexibility index (Phi) is 7.56. The van der Waals surface area contributed by atoms with Crippen LogP contribution in [-0.2, 0) is 20.9 Å². The van der Waals surface area contributed by atoms with Crippen LogP contribution in [0.5, 0.6) is 5.75 Å². The Morgan fingerprint density at radius 2 is 2.14 bits per heavy atom. The van der Waals surface area contributed by atoms with E-state index in [2.05, 4.69) is 5.32 Å². The van der Waals surface area contributed by atoms with Gasteiger partial charge in [-0.3, -0.25) is 4.79 Å². The molecule has 0 aliphatic rings. The number of aldehydes is 1. The number of hydrogen-bond acceptors (Lipinski definition) is 5. The minimum atomic E-state index is -0.468. The van der Waals surface area contributed by atoms with Gasteiger partial charge in [-0.2, -0.15) is 0 Å². The molecule has 1 aromatic carbocycles. The summed E-state index contributed by atoms with van der Waals surface area (Å²) in [6, 6.07) is 5.50. The number of rotatable bonds is 9. The lowest BCUT2D eigenvalue weighted by atomic mass is 9.88. The minimum absolute atomic E-state index is 0.160. The lowest BCUT2D eigenvalue weighted by Gasteiger charge is -2.26. The number of methoxy groups -OCH3 is 2. The minimum Gasteiger partial charge on any atom is -0.497 e. The van der Waals surface area contributed by atoms with Gasteiger partial charge < -0.3 is 25.3 Å². The van der Waals surface area contributed by atoms with Crippen LogP contribution >= 0.6 is 0 Å². The van der Waals surface area contributed by atoms with Crippen molar-refractivity contribution in [1.29, 1.82) is 0 Å². The smallest absolute Gasteiger partial charge is 0.225 e. The van der Waals surface area contributed by atoms with Gasteiger partial charge in [0.25, 0.3) is 0 Å². The van der Waals surface area contributed by atoms with Crippen LogP contribution in [0.25, 0.3) is 0 Å². The third-order valence-electron chi connectivity index (χ3n) is 3.67. The first-order chi connectivity index (χ1) is 10.6. The topological polar surface area (TPSA) is 90.7 Å². The van der Waals surface area contributed by atoms with Crippen molar-refractivity contribution in [2.45, 2.75) is 25.5 Å². The first-order valence-electron chi connectivity index (χ1n) is 7.17. The Morgan fingerprint density at radius 3 is 2.64 bits per heavy atom. The highest BCUT2D eigenvalue weighted by atomic mass is 16.5. The van der Waals surface area contributed by atoms with E-state index in [0.29, 0.717) is 25.1 Å². The van der Waals surface area contributed by atoms with Crippen LogP contribution in [0.4, 0.5) is 0 Å². The fraction of sp³-hybridized carbons (Fsp3) is 0.500. The van der Waals surface area contributed by atoms with Gasteiger partial charge in [-0.25, -0.2) is 0 Å². The van der Waals surface area contributed by atoms with Crippen molar-refractivity contribution in [2.75, 3.05) is 21.3 Å². The predicted octanol–water partition coefficient (Wildman–Crippen LogP) is 1.18. The predicted molar refractivity (Wildman–Crippen MR) is 83.5 cm³/mol. The number of hydrogen-bond donors (Lipinski definition) is 2. The summed E-state index contributed by atoms with van der Waals surface area (Å²) in [7, 11) is 4.70. The van der Waals surface area contributed by atoms with E-state index in [-0.39, 0.29) is 5.91 Å². The van der Waals surface area contributed by atoms with Gasteiger partial charge in [-0.1, -0.05) is 6.07 Å². The number of amides is 1. The molecule has 0 heterocycles. The lowest BCUT2D eigenvalue weighted by molar-refractivity contribution is -0.129. The van der Waals surface area contributed by atoms with Crippen molar-refractivity contribution in [3.8, 4) is 5.75 Å². The van der Waals surface area contributed by atoms with Crippen LogP contribution in [0.1, 0.15) is 30.1 Å². The standard InChI is InChI=1S/C16H24N2O4/c1-18-16(20)14(5-4-8-19)15(22-3)13-7-6-12(21-2)9-11(13)10-17/h6-9,14-15H,4-5,10,17H2,1-3H3,(H,18,20). The fourth-order valence-corrected chi connectivity index (χ4v) is 2.52. The molecule has 122 valence electrons. The van der Waals surface area contributed by atoms with Crippen LogP contribution in [0.2, 0.25) is 0 Å². The summed E-state index contributed by atoms with van der Waals surface area (Å²) in [5, 5.41) is 2.63. The second-order valence-corrected chi connectivity index (χ2v) is 4.89. The van der Waals surface area contributed by atoms with Crippen molar-refractivity contribution in [3.05, 3.63) is 29.3 Å². The van der Waals surface area contributed by atoms with Crippen LogP contribution in [0.15, 0.2) is 18.2 Å². The van der Waals surface area contributed by atoms with Crippen LogP contribution in [0, 0.1) is 5.92 Å². The maximum atomic E-state index is 12.2. The number of benzene rings is 1. The molecule has 0 bridgehead atoms. The number of carbonyl (C=O) groups excluding carboxylic acids is 2. The average Bonchev–Trinajstić information content (AvgIpc) is 2.57. The van der Waals surface area contributed by atoms with Gasteiger partial charge >= 0.3 is 0 Å². The SMILES string of the molecule is CNC(=O)C(CCC=O)C(OC)c1ccc(OC)cc1CN. The van der Waals surface area contributed by atoms with E-state index in [9.17, 15) is 9.59 Å². The Bertz CT molecular complexity index is 505. The zero-order chi connectivity index (χ0) is 16.5. The van der Waals surface area contributed by atoms with E-state index < -0.39 is 12.0 Å². The van der Waals surface area contributed by atoms with Crippen molar-refractivity contribution in [1.82, 2.24) is 5.32 Å². The van der Waals surface area contributed by atoms with Crippen molar-refractivity contribution in [2.24, 2.45) is 11.7 Å². The molecule has 1 rings (SSSR count). The molecule has 2 unspecified atom stereocenters. The molecule has 2 atom stereocenters. The second kappa shape index (κ2) is 9.17. The summed E-state index contributed by atoms with van der Waals surface area (Å²) >= 11 is 0. The molecule has 0 fully saturated rings. The molecule has 0 aliphatic carbocycles. The molecular formula is C16H24N2O4. The quantitative estimate of drug-likeness (QED) is 0.669. The zero-order valence-electron chi connectivity index (χ0n) is 13.3. The van der Waals surface area contributed by atoms with E-state index >= 15 is 0 Å². The molecule has 0 aromatic heterocycles. The van der Waals surface area contributed by atoms with Gasteiger partial charge in [0.15, 0.2) is 0 Å². The molecule has 1 amide bonds. The molecule has 6 nitrogen and oxygen atoms in total.